The van der Waals surface area contributed by atoms with E-state index in [1.165, 1.54) is 36.9 Å². The van der Waals surface area contributed by atoms with Crippen molar-refractivity contribution < 1.29 is 27.4 Å². The van der Waals surface area contributed by atoms with Crippen molar-refractivity contribution in [1.29, 1.82) is 0 Å². The van der Waals surface area contributed by atoms with E-state index in [9.17, 15) is 13.9 Å². The molecule has 1 N–H and O–H groups in total. The van der Waals surface area contributed by atoms with E-state index >= 15 is 8.78 Å². The summed E-state index contributed by atoms with van der Waals surface area (Å²) in [6, 6.07) is 11.0. The van der Waals surface area contributed by atoms with Crippen LogP contribution in [0.3, 0.4) is 0 Å². The smallest absolute Gasteiger partial charge is 0.265 e. The maximum atomic E-state index is 15.1. The number of nitrogens with zero attached hydrogens (tertiary/aromatic N) is 2. The second-order valence-electron chi connectivity index (χ2n) is 9.95. The van der Waals surface area contributed by atoms with Gasteiger partial charge < -0.3 is 9.84 Å². The number of ether oxygens (including phenoxy) is 1. The van der Waals surface area contributed by atoms with E-state index in [4.69, 9.17) is 4.74 Å². The topological polar surface area (TPSA) is 35.9 Å². The highest BCUT2D eigenvalue weighted by Gasteiger charge is 2.52. The summed E-state index contributed by atoms with van der Waals surface area (Å²) in [5.41, 5.74) is -2.16. The second kappa shape index (κ2) is 9.74. The van der Waals surface area contributed by atoms with Gasteiger partial charge in [-0.25, -0.2) is 13.2 Å². The third-order valence-corrected chi connectivity index (χ3v) is 6.75. The highest BCUT2D eigenvalue weighted by Crippen LogP contribution is 2.47. The first-order valence-corrected chi connectivity index (χ1v) is 11.7. The lowest BCUT2D eigenvalue weighted by Gasteiger charge is -2.49. The zero-order chi connectivity index (χ0) is 24.5. The molecular formula is C26H32F4N2O2. The van der Waals surface area contributed by atoms with Gasteiger partial charge in [0.2, 0.25) is 0 Å². The van der Waals surface area contributed by atoms with Crippen LogP contribution < -0.4 is 4.74 Å². The number of rotatable bonds is 9. The molecule has 2 aromatic carbocycles. The SMILES string of the molecule is CC(C)(F)CN1CCc2cc(O)ccc2[C@]1(c1ccc(OCCN2CC(CF)C2)cc1)C(F)F. The normalized spacial score (nSPS) is 22.0. The summed E-state index contributed by atoms with van der Waals surface area (Å²) in [5, 5.41) is 9.93. The number of phenols is 1. The van der Waals surface area contributed by atoms with Gasteiger partial charge in [-0.05, 0) is 61.2 Å². The van der Waals surface area contributed by atoms with Gasteiger partial charge in [0.25, 0.3) is 6.43 Å². The van der Waals surface area contributed by atoms with Crippen LogP contribution in [0.1, 0.15) is 30.5 Å². The third-order valence-electron chi connectivity index (χ3n) is 6.75. The fraction of sp³-hybridized carbons (Fsp3) is 0.538. The Labute approximate surface area is 198 Å². The number of alkyl halides is 4. The van der Waals surface area contributed by atoms with Gasteiger partial charge in [-0.3, -0.25) is 14.2 Å². The molecule has 0 aliphatic carbocycles. The van der Waals surface area contributed by atoms with E-state index in [0.29, 0.717) is 42.0 Å². The summed E-state index contributed by atoms with van der Waals surface area (Å²) >= 11 is 0. The molecule has 0 radical (unpaired) electrons. The van der Waals surface area contributed by atoms with Crippen molar-refractivity contribution in [1.82, 2.24) is 9.80 Å². The van der Waals surface area contributed by atoms with Crippen molar-refractivity contribution in [3.63, 3.8) is 0 Å². The van der Waals surface area contributed by atoms with Crippen LogP contribution in [0.5, 0.6) is 11.5 Å². The van der Waals surface area contributed by atoms with Crippen LogP contribution in [0.4, 0.5) is 17.6 Å². The van der Waals surface area contributed by atoms with Crippen molar-refractivity contribution >= 4 is 0 Å². The molecule has 2 aliphatic heterocycles. The highest BCUT2D eigenvalue weighted by molar-refractivity contribution is 5.49. The number of phenolic OH excluding ortho intramolecular Hbond substituents is 1. The van der Waals surface area contributed by atoms with Crippen LogP contribution in [0.2, 0.25) is 0 Å². The van der Waals surface area contributed by atoms with Crippen LogP contribution in [0.15, 0.2) is 42.5 Å². The second-order valence-corrected chi connectivity index (χ2v) is 9.95. The molecule has 0 aromatic heterocycles. The average Bonchev–Trinajstić information content (AvgIpc) is 2.74. The maximum absolute atomic E-state index is 15.1. The van der Waals surface area contributed by atoms with Gasteiger partial charge >= 0.3 is 0 Å². The van der Waals surface area contributed by atoms with Crippen molar-refractivity contribution in [2.75, 3.05) is 46.0 Å². The Bertz CT molecular complexity index is 974. The third kappa shape index (κ3) is 4.89. The summed E-state index contributed by atoms with van der Waals surface area (Å²) in [7, 11) is 0. The number of likely N-dealkylation sites (tertiary alicyclic amines) is 1. The minimum atomic E-state index is -2.83. The van der Waals surface area contributed by atoms with E-state index in [1.807, 2.05) is 0 Å². The molecule has 34 heavy (non-hydrogen) atoms. The van der Waals surface area contributed by atoms with Crippen molar-refractivity contribution in [2.45, 2.75) is 37.9 Å². The van der Waals surface area contributed by atoms with E-state index in [1.54, 1.807) is 24.3 Å². The molecule has 1 atom stereocenters. The molecule has 8 heteroatoms. The summed E-state index contributed by atoms with van der Waals surface area (Å²) in [5.74, 6) is 0.683. The van der Waals surface area contributed by atoms with Crippen molar-refractivity contribution in [3.05, 3.63) is 59.2 Å². The molecule has 2 heterocycles. The number of fused-ring (bicyclic) bond motifs is 1. The molecule has 1 saturated heterocycles. The molecule has 0 saturated carbocycles. The average molecular weight is 481 g/mol. The molecule has 4 nitrogen and oxygen atoms in total. The Morgan fingerprint density at radius 2 is 1.85 bits per heavy atom. The molecule has 4 rings (SSSR count). The van der Waals surface area contributed by atoms with E-state index in [2.05, 4.69) is 4.90 Å². The Morgan fingerprint density at radius 1 is 1.15 bits per heavy atom. The maximum Gasteiger partial charge on any atom is 0.265 e. The molecule has 0 spiro atoms. The molecule has 186 valence electrons. The number of aromatic hydroxyl groups is 1. The van der Waals surface area contributed by atoms with Gasteiger partial charge in [-0.1, -0.05) is 18.2 Å². The van der Waals surface area contributed by atoms with Gasteiger partial charge in [-0.2, -0.15) is 0 Å². The zero-order valence-electron chi connectivity index (χ0n) is 19.6. The van der Waals surface area contributed by atoms with Crippen molar-refractivity contribution in [2.24, 2.45) is 5.92 Å². The van der Waals surface area contributed by atoms with Gasteiger partial charge in [0.15, 0.2) is 0 Å². The first-order valence-electron chi connectivity index (χ1n) is 11.7. The molecule has 2 aromatic rings. The van der Waals surface area contributed by atoms with Crippen LogP contribution in [-0.4, -0.2) is 73.0 Å². The van der Waals surface area contributed by atoms with E-state index in [-0.39, 0.29) is 31.4 Å². The number of benzene rings is 2. The molecule has 0 amide bonds. The fourth-order valence-corrected chi connectivity index (χ4v) is 5.19. The number of hydrogen-bond donors (Lipinski definition) is 1. The van der Waals surface area contributed by atoms with Gasteiger partial charge in [0, 0.05) is 38.6 Å². The molecular weight excluding hydrogens is 448 g/mol. The predicted octanol–water partition coefficient (Wildman–Crippen LogP) is 4.79. The monoisotopic (exact) mass is 480 g/mol. The first-order chi connectivity index (χ1) is 16.1. The van der Waals surface area contributed by atoms with Gasteiger partial charge in [0.1, 0.15) is 29.3 Å². The number of halogens is 4. The summed E-state index contributed by atoms with van der Waals surface area (Å²) in [4.78, 5) is 3.63. The quantitative estimate of drug-likeness (QED) is 0.524. The Kier molecular flexibility index (Phi) is 7.10. The minimum Gasteiger partial charge on any atom is -0.508 e. The molecule has 0 unspecified atom stereocenters. The van der Waals surface area contributed by atoms with E-state index in [0.717, 1.165) is 13.1 Å². The molecule has 2 aliphatic rings. The Balaban J connectivity index is 1.61. The van der Waals surface area contributed by atoms with Crippen LogP contribution in [0.25, 0.3) is 0 Å². The summed E-state index contributed by atoms with van der Waals surface area (Å²) in [6.45, 7) is 5.10. The standard InChI is InChI=1S/C26H32F4N2O2/c1-25(2,30)17-32-10-9-19-13-21(33)5-8-23(19)26(32,24(28)29)20-3-6-22(7-4-20)34-12-11-31-15-18(14-27)16-31/h3-8,13,18,24,33H,9-12,14-17H2,1-2H3/t26-/m1/s1. The van der Waals surface area contributed by atoms with E-state index < -0.39 is 17.6 Å². The van der Waals surface area contributed by atoms with Crippen molar-refractivity contribution in [3.8, 4) is 11.5 Å². The Hall–Kier alpha value is -2.32. The van der Waals surface area contributed by atoms with Gasteiger partial charge in [-0.15, -0.1) is 0 Å². The summed E-state index contributed by atoms with van der Waals surface area (Å²) < 4.78 is 63.2. The lowest BCUT2D eigenvalue weighted by atomic mass is 9.75. The summed E-state index contributed by atoms with van der Waals surface area (Å²) in [6.07, 6.45) is -2.39. The lowest BCUT2D eigenvalue weighted by molar-refractivity contribution is -0.0581. The van der Waals surface area contributed by atoms with Crippen LogP contribution in [-0.2, 0) is 12.0 Å². The minimum absolute atomic E-state index is 0.0185. The van der Waals surface area contributed by atoms with Gasteiger partial charge in [0.05, 0.1) is 6.67 Å². The Morgan fingerprint density at radius 3 is 2.47 bits per heavy atom. The van der Waals surface area contributed by atoms with Crippen LogP contribution >= 0.6 is 0 Å². The van der Waals surface area contributed by atoms with Crippen LogP contribution in [0, 0.1) is 5.92 Å². The predicted molar refractivity (Wildman–Crippen MR) is 123 cm³/mol. The molecule has 0 bridgehead atoms. The highest BCUT2D eigenvalue weighted by atomic mass is 19.3. The molecule has 1 fully saturated rings. The number of hydrogen-bond acceptors (Lipinski definition) is 4. The lowest BCUT2D eigenvalue weighted by Crippen LogP contribution is -2.58. The zero-order valence-corrected chi connectivity index (χ0v) is 19.6. The fourth-order valence-electron chi connectivity index (χ4n) is 5.19. The first kappa shape index (κ1) is 24.8. The largest absolute Gasteiger partial charge is 0.508 e.